The molecule has 4 nitrogen and oxygen atoms in total. The van der Waals surface area contributed by atoms with Gasteiger partial charge < -0.3 is 11.1 Å². The third kappa shape index (κ3) is 3.05. The lowest BCUT2D eigenvalue weighted by molar-refractivity contribution is 0.960. The minimum absolute atomic E-state index is 0.465. The highest BCUT2D eigenvalue weighted by Gasteiger charge is 2.07. The summed E-state index contributed by atoms with van der Waals surface area (Å²) in [6.45, 7) is 3.80. The van der Waals surface area contributed by atoms with Gasteiger partial charge in [-0.2, -0.15) is 0 Å². The largest absolute Gasteiger partial charge is 0.383 e. The quantitative estimate of drug-likeness (QED) is 0.676. The highest BCUT2D eigenvalue weighted by molar-refractivity contribution is 5.99. The Balaban J connectivity index is 1.70. The third-order valence-electron chi connectivity index (χ3n) is 4.24. The molecule has 0 fully saturated rings. The first-order valence-electron chi connectivity index (χ1n) is 8.26. The smallest absolute Gasteiger partial charge is 0.139 e. The fourth-order valence-electron chi connectivity index (χ4n) is 2.91. The van der Waals surface area contributed by atoms with Crippen LogP contribution in [0.25, 0.3) is 10.8 Å². The highest BCUT2D eigenvalue weighted by atomic mass is 15.1. The van der Waals surface area contributed by atoms with Gasteiger partial charge in [-0.1, -0.05) is 41.7 Å². The Morgan fingerprint density at radius 2 is 1.92 bits per heavy atom. The Morgan fingerprint density at radius 3 is 2.68 bits per heavy atom. The zero-order chi connectivity index (χ0) is 17.2. The first-order valence-corrected chi connectivity index (χ1v) is 8.26. The normalized spacial score (nSPS) is 13.1. The van der Waals surface area contributed by atoms with Crippen molar-refractivity contribution in [2.75, 3.05) is 18.8 Å². The van der Waals surface area contributed by atoms with E-state index in [4.69, 9.17) is 5.73 Å². The van der Waals surface area contributed by atoms with Crippen LogP contribution in [-0.4, -0.2) is 23.9 Å². The summed E-state index contributed by atoms with van der Waals surface area (Å²) in [6.07, 6.45) is 1.79. The van der Waals surface area contributed by atoms with E-state index in [1.807, 2.05) is 30.3 Å². The van der Waals surface area contributed by atoms with Gasteiger partial charge in [0.25, 0.3) is 0 Å². The summed E-state index contributed by atoms with van der Waals surface area (Å²) in [5.74, 6) is 7.83. The number of benzene rings is 2. The first kappa shape index (κ1) is 15.2. The summed E-state index contributed by atoms with van der Waals surface area (Å²) in [6, 6.07) is 14.3. The summed E-state index contributed by atoms with van der Waals surface area (Å²) < 4.78 is 0. The number of hydrogen-bond acceptors (Lipinski definition) is 4. The van der Waals surface area contributed by atoms with Crippen LogP contribution in [0, 0.1) is 18.8 Å². The maximum Gasteiger partial charge on any atom is 0.139 e. The molecule has 25 heavy (non-hydrogen) atoms. The molecule has 0 bridgehead atoms. The van der Waals surface area contributed by atoms with Crippen LogP contribution in [0.1, 0.15) is 22.3 Å². The van der Waals surface area contributed by atoms with E-state index in [1.54, 1.807) is 6.20 Å². The number of nitrogen functional groups attached to an aromatic ring is 1. The van der Waals surface area contributed by atoms with Gasteiger partial charge in [0.15, 0.2) is 0 Å². The number of pyridine rings is 1. The van der Waals surface area contributed by atoms with Gasteiger partial charge >= 0.3 is 0 Å². The van der Waals surface area contributed by atoms with Crippen molar-refractivity contribution in [3.8, 4) is 11.8 Å². The number of nitrogens with zero attached hydrogens (tertiary/aromatic N) is 2. The van der Waals surface area contributed by atoms with E-state index >= 15 is 0 Å². The molecule has 0 aliphatic carbocycles. The fourth-order valence-corrected chi connectivity index (χ4v) is 2.91. The molecule has 1 aliphatic rings. The van der Waals surface area contributed by atoms with Crippen molar-refractivity contribution in [2.24, 2.45) is 4.99 Å². The third-order valence-corrected chi connectivity index (χ3v) is 4.24. The number of hydrogen-bond donors (Lipinski definition) is 2. The van der Waals surface area contributed by atoms with Gasteiger partial charge in [-0.05, 0) is 25.1 Å². The summed E-state index contributed by atoms with van der Waals surface area (Å²) in [5.41, 5.74) is 10.1. The van der Waals surface area contributed by atoms with E-state index in [0.29, 0.717) is 5.82 Å². The molecule has 0 spiro atoms. The second kappa shape index (κ2) is 6.29. The second-order valence-electron chi connectivity index (χ2n) is 6.09. The topological polar surface area (TPSA) is 63.3 Å². The van der Waals surface area contributed by atoms with Crippen LogP contribution in [0.4, 0.5) is 5.82 Å². The molecule has 3 aromatic rings. The molecule has 0 saturated carbocycles. The lowest BCUT2D eigenvalue weighted by Gasteiger charge is -2.05. The second-order valence-corrected chi connectivity index (χ2v) is 6.09. The van der Waals surface area contributed by atoms with Crippen LogP contribution in [0.15, 0.2) is 53.7 Å². The van der Waals surface area contributed by atoms with Gasteiger partial charge in [-0.15, -0.1) is 0 Å². The number of nitrogens with two attached hydrogens (primary N) is 1. The number of rotatable bonds is 1. The summed E-state index contributed by atoms with van der Waals surface area (Å²) in [4.78, 5) is 8.69. The Labute approximate surface area is 146 Å². The zero-order valence-corrected chi connectivity index (χ0v) is 14.0. The van der Waals surface area contributed by atoms with Crippen LogP contribution in [0.3, 0.4) is 0 Å². The van der Waals surface area contributed by atoms with Crippen molar-refractivity contribution in [2.45, 2.75) is 6.92 Å². The number of nitrogens with one attached hydrogen (secondary N) is 1. The Hall–Kier alpha value is -3.32. The molecule has 122 valence electrons. The van der Waals surface area contributed by atoms with Crippen molar-refractivity contribution in [1.82, 2.24) is 10.3 Å². The summed E-state index contributed by atoms with van der Waals surface area (Å²) in [7, 11) is 0. The average molecular weight is 326 g/mol. The maximum absolute atomic E-state index is 6.07. The lowest BCUT2D eigenvalue weighted by Crippen LogP contribution is -2.19. The van der Waals surface area contributed by atoms with Crippen molar-refractivity contribution >= 4 is 22.4 Å². The molecule has 2 aromatic carbocycles. The highest BCUT2D eigenvalue weighted by Crippen LogP contribution is 2.22. The van der Waals surface area contributed by atoms with Gasteiger partial charge in [0.05, 0.1) is 12.1 Å². The molecule has 0 atom stereocenters. The van der Waals surface area contributed by atoms with Crippen LogP contribution >= 0.6 is 0 Å². The van der Waals surface area contributed by atoms with Crippen LogP contribution < -0.4 is 11.1 Å². The van der Waals surface area contributed by atoms with E-state index in [0.717, 1.165) is 46.4 Å². The van der Waals surface area contributed by atoms with Crippen LogP contribution in [0.5, 0.6) is 0 Å². The minimum Gasteiger partial charge on any atom is -0.383 e. The molecule has 3 N–H and O–H groups in total. The molecule has 0 saturated heterocycles. The molecule has 4 heteroatoms. The van der Waals surface area contributed by atoms with Crippen molar-refractivity contribution in [3.63, 3.8) is 0 Å². The fraction of sp³-hybridized carbons (Fsp3) is 0.143. The molecular formula is C21H18N4. The SMILES string of the molecule is Cc1ccc2cnc(N)c(C#Cc3ccc(C4=NCCN4)cc3)c2c1. The van der Waals surface area contributed by atoms with E-state index in [9.17, 15) is 0 Å². The zero-order valence-electron chi connectivity index (χ0n) is 14.0. The van der Waals surface area contributed by atoms with Gasteiger partial charge in [-0.25, -0.2) is 4.98 Å². The standard InChI is InChI=1S/C21H18N4/c1-14-2-6-17-13-25-20(22)18(19(17)12-14)9-5-15-3-7-16(8-4-15)21-23-10-11-24-21/h2-4,6-8,12-13H,10-11H2,1H3,(H2,22,25)(H,23,24). The van der Waals surface area contributed by atoms with E-state index in [1.165, 1.54) is 5.56 Å². The number of aliphatic imine (C=N–C) groups is 1. The Bertz CT molecular complexity index is 1030. The molecule has 0 unspecified atom stereocenters. The molecular weight excluding hydrogens is 308 g/mol. The Kier molecular flexibility index (Phi) is 3.83. The molecule has 4 rings (SSSR count). The summed E-state index contributed by atoms with van der Waals surface area (Å²) >= 11 is 0. The molecule has 2 heterocycles. The number of anilines is 1. The van der Waals surface area contributed by atoms with Gasteiger partial charge in [0, 0.05) is 34.6 Å². The molecule has 0 radical (unpaired) electrons. The Morgan fingerprint density at radius 1 is 1.08 bits per heavy atom. The monoisotopic (exact) mass is 326 g/mol. The number of amidine groups is 1. The number of aromatic nitrogens is 1. The van der Waals surface area contributed by atoms with Gasteiger partial charge in [0.1, 0.15) is 11.7 Å². The van der Waals surface area contributed by atoms with E-state index in [-0.39, 0.29) is 0 Å². The average Bonchev–Trinajstić information content (AvgIpc) is 3.16. The number of fused-ring (bicyclic) bond motifs is 1. The number of aryl methyl sites for hydroxylation is 1. The molecule has 0 amide bonds. The van der Waals surface area contributed by atoms with Crippen molar-refractivity contribution < 1.29 is 0 Å². The van der Waals surface area contributed by atoms with Gasteiger partial charge in [-0.3, -0.25) is 4.99 Å². The van der Waals surface area contributed by atoms with Crippen LogP contribution in [-0.2, 0) is 0 Å². The van der Waals surface area contributed by atoms with Crippen LogP contribution in [0.2, 0.25) is 0 Å². The summed E-state index contributed by atoms with van der Waals surface area (Å²) in [5, 5.41) is 5.36. The van der Waals surface area contributed by atoms with Crippen molar-refractivity contribution in [3.05, 3.63) is 70.9 Å². The predicted octanol–water partition coefficient (Wildman–Crippen LogP) is 2.88. The molecule has 1 aromatic heterocycles. The van der Waals surface area contributed by atoms with Gasteiger partial charge in [0.2, 0.25) is 0 Å². The van der Waals surface area contributed by atoms with Crippen molar-refractivity contribution in [1.29, 1.82) is 0 Å². The predicted molar refractivity (Wildman–Crippen MR) is 103 cm³/mol. The molecule has 1 aliphatic heterocycles. The lowest BCUT2D eigenvalue weighted by atomic mass is 10.0. The maximum atomic E-state index is 6.07. The minimum atomic E-state index is 0.465. The van der Waals surface area contributed by atoms with E-state index in [2.05, 4.69) is 46.2 Å². The van der Waals surface area contributed by atoms with E-state index < -0.39 is 0 Å². The first-order chi connectivity index (χ1) is 12.2.